The average Bonchev–Trinajstić information content (AvgIpc) is 3.32. The van der Waals surface area contributed by atoms with Crippen molar-refractivity contribution in [3.63, 3.8) is 0 Å². The quantitative estimate of drug-likeness (QED) is 0.218. The number of anilines is 1. The molecule has 6 nitrogen and oxygen atoms in total. The third-order valence-corrected chi connectivity index (χ3v) is 6.59. The molecule has 0 fully saturated rings. The van der Waals surface area contributed by atoms with Gasteiger partial charge in [0.05, 0.1) is 10.7 Å². The first-order valence-corrected chi connectivity index (χ1v) is 11.6. The summed E-state index contributed by atoms with van der Waals surface area (Å²) >= 11 is 11.3. The minimum Gasteiger partial charge on any atom is -0.379 e. The zero-order chi connectivity index (χ0) is 24.3. The summed E-state index contributed by atoms with van der Waals surface area (Å²) < 4.78 is 43.2. The van der Waals surface area contributed by atoms with Crippen LogP contribution in [0.25, 0.3) is 11.4 Å². The maximum Gasteiger partial charge on any atom is 0.471 e. The zero-order valence-electron chi connectivity index (χ0n) is 17.0. The van der Waals surface area contributed by atoms with E-state index in [1.54, 1.807) is 30.3 Å². The molecule has 12 heteroatoms. The highest BCUT2D eigenvalue weighted by molar-refractivity contribution is 9.10. The highest BCUT2D eigenvalue weighted by Crippen LogP contribution is 2.40. The molecule has 0 saturated carbocycles. The standard InChI is InChI=1S/C22H14BrClF3N5OS/c23-14-5-7-15(8-6-14)34-19-10-17(18(31-28)9-16(19)24)29-11-12-1-3-13(4-2-12)20-30-21(33-32-20)22(25,26)27/h1-10,28-29H,11H2. The summed E-state index contributed by atoms with van der Waals surface area (Å²) in [5.74, 6) is -1.53. The Morgan fingerprint density at radius 1 is 1.09 bits per heavy atom. The van der Waals surface area contributed by atoms with E-state index in [-0.39, 0.29) is 5.82 Å². The van der Waals surface area contributed by atoms with Gasteiger partial charge < -0.3 is 9.84 Å². The van der Waals surface area contributed by atoms with Crippen molar-refractivity contribution in [2.75, 3.05) is 5.32 Å². The minimum absolute atomic E-state index is 0.144. The molecule has 0 saturated heterocycles. The number of nitrogens with zero attached hydrogens (tertiary/aromatic N) is 3. The Morgan fingerprint density at radius 3 is 2.41 bits per heavy atom. The summed E-state index contributed by atoms with van der Waals surface area (Å²) in [6, 6.07) is 17.9. The number of hydrogen-bond donors (Lipinski definition) is 2. The molecule has 4 aromatic rings. The number of hydrogen-bond acceptors (Lipinski definition) is 7. The molecular weight excluding hydrogens is 555 g/mol. The number of rotatable bonds is 7. The lowest BCUT2D eigenvalue weighted by Crippen LogP contribution is -2.04. The fraction of sp³-hybridized carbons (Fsp3) is 0.0909. The van der Waals surface area contributed by atoms with Gasteiger partial charge in [0.25, 0.3) is 0 Å². The van der Waals surface area contributed by atoms with Crippen LogP contribution in [0.4, 0.5) is 24.5 Å². The predicted octanol–water partition coefficient (Wildman–Crippen LogP) is 8.60. The molecular formula is C22H14BrClF3N5OS. The van der Waals surface area contributed by atoms with Gasteiger partial charge in [-0.05, 0) is 42.0 Å². The van der Waals surface area contributed by atoms with Crippen molar-refractivity contribution < 1.29 is 17.7 Å². The molecule has 0 aliphatic rings. The largest absolute Gasteiger partial charge is 0.471 e. The molecule has 0 unspecified atom stereocenters. The Hall–Kier alpha value is -2.89. The summed E-state index contributed by atoms with van der Waals surface area (Å²) in [5, 5.41) is 10.6. The van der Waals surface area contributed by atoms with Gasteiger partial charge in [0.15, 0.2) is 0 Å². The van der Waals surface area contributed by atoms with Crippen LogP contribution in [0, 0.1) is 5.53 Å². The van der Waals surface area contributed by atoms with Gasteiger partial charge >= 0.3 is 12.1 Å². The van der Waals surface area contributed by atoms with Crippen LogP contribution in [0.3, 0.4) is 0 Å². The lowest BCUT2D eigenvalue weighted by atomic mass is 10.1. The van der Waals surface area contributed by atoms with Crippen LogP contribution in [0.1, 0.15) is 11.5 Å². The lowest BCUT2D eigenvalue weighted by molar-refractivity contribution is -0.159. The Bertz CT molecular complexity index is 1310. The summed E-state index contributed by atoms with van der Waals surface area (Å²) in [6.45, 7) is 0.382. The zero-order valence-corrected chi connectivity index (χ0v) is 20.2. The lowest BCUT2D eigenvalue weighted by Gasteiger charge is -2.13. The number of benzene rings is 3. The van der Waals surface area contributed by atoms with Gasteiger partial charge in [0.2, 0.25) is 5.82 Å². The van der Waals surface area contributed by atoms with E-state index < -0.39 is 12.1 Å². The summed E-state index contributed by atoms with van der Waals surface area (Å²) in [5.41, 5.74) is 9.70. The second-order valence-corrected chi connectivity index (χ2v) is 9.38. The van der Waals surface area contributed by atoms with Gasteiger partial charge in [-0.3, -0.25) is 0 Å². The highest BCUT2D eigenvalue weighted by atomic mass is 79.9. The van der Waals surface area contributed by atoms with Crippen LogP contribution in [-0.4, -0.2) is 10.1 Å². The van der Waals surface area contributed by atoms with Crippen molar-refractivity contribution in [2.45, 2.75) is 22.5 Å². The van der Waals surface area contributed by atoms with Crippen LogP contribution in [0.5, 0.6) is 0 Å². The Balaban J connectivity index is 1.48. The van der Waals surface area contributed by atoms with Crippen molar-refractivity contribution in [3.8, 4) is 11.4 Å². The van der Waals surface area contributed by atoms with E-state index in [0.717, 1.165) is 19.8 Å². The first-order chi connectivity index (χ1) is 16.2. The first kappa shape index (κ1) is 24.2. The number of nitrogens with one attached hydrogen (secondary N) is 2. The van der Waals surface area contributed by atoms with Crippen molar-refractivity contribution in [2.24, 2.45) is 5.11 Å². The molecule has 34 heavy (non-hydrogen) atoms. The van der Waals surface area contributed by atoms with E-state index in [1.807, 2.05) is 30.3 Å². The number of aromatic nitrogens is 2. The van der Waals surface area contributed by atoms with Gasteiger partial charge in [0, 0.05) is 26.4 Å². The molecule has 0 atom stereocenters. The molecule has 0 amide bonds. The molecule has 174 valence electrons. The van der Waals surface area contributed by atoms with Crippen LogP contribution in [0.15, 0.2) is 84.6 Å². The summed E-state index contributed by atoms with van der Waals surface area (Å²) in [4.78, 5) is 5.18. The Morgan fingerprint density at radius 2 is 1.79 bits per heavy atom. The summed E-state index contributed by atoms with van der Waals surface area (Å²) in [7, 11) is 0. The number of alkyl halides is 3. The van der Waals surface area contributed by atoms with Gasteiger partial charge in [-0.1, -0.05) is 68.7 Å². The SMILES string of the molecule is N=Nc1cc(Cl)c(Sc2ccc(Br)cc2)cc1NCc1ccc(-c2noc(C(F)(F)F)n2)cc1. The maximum absolute atomic E-state index is 12.7. The third kappa shape index (κ3) is 5.78. The molecule has 0 bridgehead atoms. The average molecular weight is 569 g/mol. The van der Waals surface area contributed by atoms with Crippen LogP contribution in [0.2, 0.25) is 5.02 Å². The summed E-state index contributed by atoms with van der Waals surface area (Å²) in [6.07, 6.45) is -4.69. The predicted molar refractivity (Wildman–Crippen MR) is 127 cm³/mol. The normalized spacial score (nSPS) is 11.4. The molecule has 0 aliphatic carbocycles. The molecule has 4 rings (SSSR count). The van der Waals surface area contributed by atoms with Crippen LogP contribution >= 0.6 is 39.3 Å². The fourth-order valence-electron chi connectivity index (χ4n) is 2.91. The van der Waals surface area contributed by atoms with Crippen molar-refractivity contribution in [3.05, 3.63) is 81.6 Å². The van der Waals surface area contributed by atoms with E-state index >= 15 is 0 Å². The van der Waals surface area contributed by atoms with Gasteiger partial charge in [0.1, 0.15) is 5.69 Å². The van der Waals surface area contributed by atoms with Gasteiger partial charge in [-0.25, -0.2) is 5.53 Å². The topological polar surface area (TPSA) is 87.2 Å². The van der Waals surface area contributed by atoms with E-state index in [9.17, 15) is 13.2 Å². The molecule has 2 N–H and O–H groups in total. The molecule has 0 spiro atoms. The highest BCUT2D eigenvalue weighted by Gasteiger charge is 2.38. The fourth-order valence-corrected chi connectivity index (χ4v) is 4.31. The maximum atomic E-state index is 12.7. The molecule has 0 aliphatic heterocycles. The van der Waals surface area contributed by atoms with E-state index in [1.165, 1.54) is 11.8 Å². The molecule has 1 heterocycles. The van der Waals surface area contributed by atoms with E-state index in [4.69, 9.17) is 17.1 Å². The first-order valence-electron chi connectivity index (χ1n) is 9.61. The van der Waals surface area contributed by atoms with Crippen molar-refractivity contribution in [1.82, 2.24) is 10.1 Å². The molecule has 0 radical (unpaired) electrons. The molecule has 3 aromatic carbocycles. The smallest absolute Gasteiger partial charge is 0.379 e. The minimum atomic E-state index is -4.69. The van der Waals surface area contributed by atoms with E-state index in [2.05, 4.69) is 41.0 Å². The monoisotopic (exact) mass is 567 g/mol. The number of halogens is 5. The van der Waals surface area contributed by atoms with Crippen LogP contribution < -0.4 is 5.32 Å². The Labute approximate surface area is 209 Å². The van der Waals surface area contributed by atoms with Gasteiger partial charge in [-0.2, -0.15) is 23.3 Å². The van der Waals surface area contributed by atoms with Crippen molar-refractivity contribution >= 4 is 50.7 Å². The van der Waals surface area contributed by atoms with Gasteiger partial charge in [-0.15, -0.1) is 0 Å². The van der Waals surface area contributed by atoms with E-state index in [0.29, 0.717) is 28.5 Å². The van der Waals surface area contributed by atoms with Crippen LogP contribution in [-0.2, 0) is 12.7 Å². The van der Waals surface area contributed by atoms with Crippen molar-refractivity contribution in [1.29, 1.82) is 5.53 Å². The molecule has 1 aromatic heterocycles. The second kappa shape index (κ2) is 10.2. The second-order valence-electron chi connectivity index (χ2n) is 6.94. The third-order valence-electron chi connectivity index (χ3n) is 4.58. The Kier molecular flexibility index (Phi) is 7.24.